The fourth-order valence-electron chi connectivity index (χ4n) is 1.63. The third kappa shape index (κ3) is 4.72. The zero-order valence-corrected chi connectivity index (χ0v) is 15.5. The number of anilines is 1. The molecule has 0 fully saturated rings. The zero-order valence-electron chi connectivity index (χ0n) is 11.0. The zero-order chi connectivity index (χ0) is 15.4. The Balaban J connectivity index is 2.03. The molecular formula is C14H11BrIN3OS. The summed E-state index contributed by atoms with van der Waals surface area (Å²) in [5, 5.41) is 5.90. The normalized spacial score (nSPS) is 10.0. The van der Waals surface area contributed by atoms with Gasteiger partial charge in [0.05, 0.1) is 5.56 Å². The molecule has 1 amide bonds. The van der Waals surface area contributed by atoms with Gasteiger partial charge in [-0.1, -0.05) is 0 Å². The molecule has 108 valence electrons. The van der Waals surface area contributed by atoms with Gasteiger partial charge in [0, 0.05) is 26.1 Å². The number of hydrogen-bond acceptors (Lipinski definition) is 3. The van der Waals surface area contributed by atoms with Gasteiger partial charge in [-0.05, 0) is 87.5 Å². The van der Waals surface area contributed by atoms with Crippen LogP contribution in [0.5, 0.6) is 0 Å². The number of thiocarbonyl (C=S) groups is 1. The molecule has 21 heavy (non-hydrogen) atoms. The van der Waals surface area contributed by atoms with Crippen molar-refractivity contribution in [1.82, 2.24) is 10.3 Å². The number of hydrogen-bond donors (Lipinski definition) is 2. The summed E-state index contributed by atoms with van der Waals surface area (Å²) in [6.07, 6.45) is 3.10. The number of aryl methyl sites for hydroxylation is 1. The van der Waals surface area contributed by atoms with Crippen LogP contribution in [-0.2, 0) is 0 Å². The first-order chi connectivity index (χ1) is 9.95. The summed E-state index contributed by atoms with van der Waals surface area (Å²) in [5.41, 5.74) is 2.36. The standard InChI is InChI=1S/C14H11BrIN3OS/c1-8-4-11(16)2-3-12(8)18-14(21)19-13(20)9-5-10(15)7-17-6-9/h2-7H,1H3,(H2,18,19,20,21). The molecule has 7 heteroatoms. The van der Waals surface area contributed by atoms with Crippen molar-refractivity contribution in [2.75, 3.05) is 5.32 Å². The smallest absolute Gasteiger partial charge is 0.259 e. The van der Waals surface area contributed by atoms with Gasteiger partial charge >= 0.3 is 0 Å². The highest BCUT2D eigenvalue weighted by atomic mass is 127. The summed E-state index contributed by atoms with van der Waals surface area (Å²) in [6, 6.07) is 7.61. The molecule has 2 N–H and O–H groups in total. The minimum atomic E-state index is -0.301. The fraction of sp³-hybridized carbons (Fsp3) is 0.0714. The quantitative estimate of drug-likeness (QED) is 0.511. The third-order valence-electron chi connectivity index (χ3n) is 2.63. The number of benzene rings is 1. The van der Waals surface area contributed by atoms with Crippen molar-refractivity contribution in [3.63, 3.8) is 0 Å². The van der Waals surface area contributed by atoms with Gasteiger partial charge in [-0.3, -0.25) is 15.1 Å². The van der Waals surface area contributed by atoms with Crippen LogP contribution in [0.4, 0.5) is 5.69 Å². The molecule has 0 bridgehead atoms. The minimum absolute atomic E-state index is 0.254. The molecule has 0 aliphatic carbocycles. The Hall–Kier alpha value is -1.06. The predicted octanol–water partition coefficient (Wildman–Crippen LogP) is 3.88. The largest absolute Gasteiger partial charge is 0.332 e. The van der Waals surface area contributed by atoms with E-state index in [2.05, 4.69) is 54.1 Å². The van der Waals surface area contributed by atoms with E-state index in [1.165, 1.54) is 6.20 Å². The highest BCUT2D eigenvalue weighted by molar-refractivity contribution is 14.1. The van der Waals surface area contributed by atoms with Crippen LogP contribution >= 0.6 is 50.7 Å². The Morgan fingerprint density at radius 3 is 2.76 bits per heavy atom. The highest BCUT2D eigenvalue weighted by Crippen LogP contribution is 2.17. The molecule has 1 aromatic heterocycles. The predicted molar refractivity (Wildman–Crippen MR) is 99.5 cm³/mol. The molecule has 0 saturated carbocycles. The lowest BCUT2D eigenvalue weighted by molar-refractivity contribution is 0.0977. The molecule has 2 rings (SSSR count). The third-order valence-corrected chi connectivity index (χ3v) is 3.94. The van der Waals surface area contributed by atoms with Crippen LogP contribution in [0.1, 0.15) is 15.9 Å². The van der Waals surface area contributed by atoms with E-state index in [-0.39, 0.29) is 11.0 Å². The number of rotatable bonds is 2. The monoisotopic (exact) mass is 475 g/mol. The summed E-state index contributed by atoms with van der Waals surface area (Å²) >= 11 is 10.7. The molecule has 0 atom stereocenters. The van der Waals surface area contributed by atoms with Crippen molar-refractivity contribution in [3.05, 3.63) is 55.8 Å². The lowest BCUT2D eigenvalue weighted by Crippen LogP contribution is -2.34. The maximum absolute atomic E-state index is 12.0. The number of carbonyl (C=O) groups excluding carboxylic acids is 1. The van der Waals surface area contributed by atoms with Crippen molar-refractivity contribution in [2.24, 2.45) is 0 Å². The van der Waals surface area contributed by atoms with Crippen LogP contribution in [0.15, 0.2) is 41.1 Å². The van der Waals surface area contributed by atoms with E-state index >= 15 is 0 Å². The van der Waals surface area contributed by atoms with E-state index in [4.69, 9.17) is 12.2 Å². The molecule has 4 nitrogen and oxygen atoms in total. The average Bonchev–Trinajstić information content (AvgIpc) is 2.42. The topological polar surface area (TPSA) is 54.0 Å². The average molecular weight is 476 g/mol. The molecular weight excluding hydrogens is 465 g/mol. The first-order valence-corrected chi connectivity index (χ1v) is 8.23. The second-order valence-corrected chi connectivity index (χ2v) is 6.83. The number of pyridine rings is 1. The second kappa shape index (κ2) is 7.28. The van der Waals surface area contributed by atoms with Crippen LogP contribution < -0.4 is 10.6 Å². The first-order valence-electron chi connectivity index (χ1n) is 5.95. The Bertz CT molecular complexity index is 708. The first kappa shape index (κ1) is 16.3. The number of amides is 1. The summed E-state index contributed by atoms with van der Waals surface area (Å²) < 4.78 is 1.88. The van der Waals surface area contributed by atoms with Gasteiger partial charge < -0.3 is 5.32 Å². The molecule has 0 saturated heterocycles. The van der Waals surface area contributed by atoms with Gasteiger partial charge in [-0.25, -0.2) is 0 Å². The Kier molecular flexibility index (Phi) is 5.65. The number of carbonyl (C=O) groups is 1. The molecule has 2 aromatic rings. The minimum Gasteiger partial charge on any atom is -0.332 e. The molecule has 1 heterocycles. The lowest BCUT2D eigenvalue weighted by Gasteiger charge is -2.12. The van der Waals surface area contributed by atoms with Gasteiger partial charge in [-0.15, -0.1) is 0 Å². The van der Waals surface area contributed by atoms with Gasteiger partial charge in [0.1, 0.15) is 0 Å². The lowest BCUT2D eigenvalue weighted by atomic mass is 10.2. The van der Waals surface area contributed by atoms with Gasteiger partial charge in [0.15, 0.2) is 5.11 Å². The molecule has 0 aliphatic rings. The Morgan fingerprint density at radius 2 is 2.10 bits per heavy atom. The van der Waals surface area contributed by atoms with E-state index in [0.29, 0.717) is 5.56 Å². The summed E-state index contributed by atoms with van der Waals surface area (Å²) in [5.74, 6) is -0.301. The molecule has 0 radical (unpaired) electrons. The van der Waals surface area contributed by atoms with Gasteiger partial charge in [0.2, 0.25) is 0 Å². The molecule has 1 aromatic carbocycles. The number of nitrogens with zero attached hydrogens (tertiary/aromatic N) is 1. The number of nitrogens with one attached hydrogen (secondary N) is 2. The fourth-order valence-corrected chi connectivity index (χ4v) is 2.85. The van der Waals surface area contributed by atoms with E-state index in [9.17, 15) is 4.79 Å². The van der Waals surface area contributed by atoms with Crippen LogP contribution in [0.3, 0.4) is 0 Å². The molecule has 0 spiro atoms. The van der Waals surface area contributed by atoms with Crippen LogP contribution in [0, 0.1) is 10.5 Å². The summed E-state index contributed by atoms with van der Waals surface area (Å²) in [7, 11) is 0. The maximum atomic E-state index is 12.0. The van der Waals surface area contributed by atoms with Gasteiger partial charge in [0.25, 0.3) is 5.91 Å². The summed E-state index contributed by atoms with van der Waals surface area (Å²) in [6.45, 7) is 1.98. The second-order valence-electron chi connectivity index (χ2n) is 4.26. The Morgan fingerprint density at radius 1 is 1.33 bits per heavy atom. The number of halogens is 2. The van der Waals surface area contributed by atoms with E-state index < -0.39 is 0 Å². The van der Waals surface area contributed by atoms with E-state index in [1.54, 1.807) is 12.3 Å². The van der Waals surface area contributed by atoms with Crippen molar-refractivity contribution >= 4 is 67.4 Å². The SMILES string of the molecule is Cc1cc(I)ccc1NC(=S)NC(=O)c1cncc(Br)c1. The molecule has 0 aliphatic heterocycles. The maximum Gasteiger partial charge on any atom is 0.259 e. The highest BCUT2D eigenvalue weighted by Gasteiger charge is 2.09. The Labute approximate surface area is 150 Å². The van der Waals surface area contributed by atoms with E-state index in [0.717, 1.165) is 19.3 Å². The van der Waals surface area contributed by atoms with Crippen LogP contribution in [-0.4, -0.2) is 16.0 Å². The summed E-state index contributed by atoms with van der Waals surface area (Å²) in [4.78, 5) is 16.0. The van der Waals surface area contributed by atoms with Crippen LogP contribution in [0.2, 0.25) is 0 Å². The van der Waals surface area contributed by atoms with Crippen molar-refractivity contribution in [1.29, 1.82) is 0 Å². The number of aromatic nitrogens is 1. The van der Waals surface area contributed by atoms with Gasteiger partial charge in [-0.2, -0.15) is 0 Å². The van der Waals surface area contributed by atoms with Crippen molar-refractivity contribution in [2.45, 2.75) is 6.92 Å². The van der Waals surface area contributed by atoms with Crippen molar-refractivity contribution in [3.8, 4) is 0 Å². The van der Waals surface area contributed by atoms with E-state index in [1.807, 2.05) is 25.1 Å². The van der Waals surface area contributed by atoms with Crippen LogP contribution in [0.25, 0.3) is 0 Å². The molecule has 0 unspecified atom stereocenters. The van der Waals surface area contributed by atoms with Crippen molar-refractivity contribution < 1.29 is 4.79 Å².